The van der Waals surface area contributed by atoms with Crippen LogP contribution in [-0.4, -0.2) is 193 Å². The van der Waals surface area contributed by atoms with Gasteiger partial charge in [0.2, 0.25) is 5.91 Å². The van der Waals surface area contributed by atoms with Gasteiger partial charge in [-0.05, 0) is 70.6 Å². The van der Waals surface area contributed by atoms with Crippen LogP contribution in [0, 0.1) is 0 Å². The van der Waals surface area contributed by atoms with Gasteiger partial charge in [0.1, 0.15) is 73.2 Å². The molecule has 92 heavy (non-hydrogen) atoms. The van der Waals surface area contributed by atoms with Gasteiger partial charge in [-0.15, -0.1) is 0 Å². The maximum atomic E-state index is 13.4. The molecule has 534 valence electrons. The Morgan fingerprint density at radius 3 is 1.22 bits per heavy atom. The molecule has 0 spiro atoms. The van der Waals surface area contributed by atoms with Crippen LogP contribution in [0.2, 0.25) is 0 Å². The predicted octanol–water partition coefficient (Wildman–Crippen LogP) is 10.1. The average molecular weight is 1310 g/mol. The summed E-state index contributed by atoms with van der Waals surface area (Å²) in [6.45, 7) is 1.57. The third-order valence-corrected chi connectivity index (χ3v) is 17.7. The van der Waals surface area contributed by atoms with E-state index in [-0.39, 0.29) is 18.9 Å². The number of carbonyl (C=O) groups excluding carboxylic acids is 1. The summed E-state index contributed by atoms with van der Waals surface area (Å²) in [4.78, 5) is 13.4. The molecular weight excluding hydrogens is 1180 g/mol. The van der Waals surface area contributed by atoms with Crippen molar-refractivity contribution in [1.29, 1.82) is 0 Å². The molecule has 0 aromatic carbocycles. The van der Waals surface area contributed by atoms with Gasteiger partial charge in [0.15, 0.2) is 18.9 Å². The van der Waals surface area contributed by atoms with E-state index in [0.717, 1.165) is 57.8 Å². The lowest BCUT2D eigenvalue weighted by molar-refractivity contribution is -0.379. The topological polar surface area (TPSA) is 307 Å². The minimum atomic E-state index is -1.99. The summed E-state index contributed by atoms with van der Waals surface area (Å²) in [5, 5.41) is 120. The van der Waals surface area contributed by atoms with Crippen molar-refractivity contribution in [2.24, 2.45) is 0 Å². The Hall–Kier alpha value is -2.77. The molecular formula is C73H129NO18. The third kappa shape index (κ3) is 35.5. The van der Waals surface area contributed by atoms with Crippen molar-refractivity contribution in [2.45, 2.75) is 356 Å². The Balaban J connectivity index is 1.40. The second kappa shape index (κ2) is 54.3. The molecule has 12 N–H and O–H groups in total. The number of allylic oxidation sites excluding steroid dienone is 11. The number of nitrogens with one attached hydrogen (secondary N) is 1. The third-order valence-electron chi connectivity index (χ3n) is 17.7. The molecule has 0 bridgehead atoms. The SMILES string of the molecule is CC/C=C\C/C=C\C/C=C\C/C=C\CCCCC(=O)NC(COC1OC(CO)C(OC2OC(CO)C(OC3OC(CO)C(O)C(O)C3O)C(O)C2O)C(O)C1O)C(O)/C=C/CC/C=C/CCCCCCCCCCCCCCCCCCCCCCCCCCCC. The molecule has 3 aliphatic rings. The average Bonchev–Trinajstić information content (AvgIpc) is 0.837. The summed E-state index contributed by atoms with van der Waals surface area (Å²) >= 11 is 0. The molecule has 0 aromatic heterocycles. The zero-order chi connectivity index (χ0) is 66.8. The summed E-state index contributed by atoms with van der Waals surface area (Å²) < 4.78 is 34.3. The second-order valence-electron chi connectivity index (χ2n) is 25.7. The van der Waals surface area contributed by atoms with Gasteiger partial charge in [0.05, 0.1) is 38.6 Å². The molecule has 3 aliphatic heterocycles. The number of ether oxygens (including phenoxy) is 6. The van der Waals surface area contributed by atoms with E-state index in [4.69, 9.17) is 28.4 Å². The van der Waals surface area contributed by atoms with Gasteiger partial charge in [-0.25, -0.2) is 0 Å². The van der Waals surface area contributed by atoms with Crippen LogP contribution in [0.3, 0.4) is 0 Å². The van der Waals surface area contributed by atoms with Gasteiger partial charge in [0, 0.05) is 6.42 Å². The predicted molar refractivity (Wildman–Crippen MR) is 360 cm³/mol. The first-order chi connectivity index (χ1) is 44.8. The van der Waals surface area contributed by atoms with Gasteiger partial charge in [-0.3, -0.25) is 4.79 Å². The van der Waals surface area contributed by atoms with Gasteiger partial charge in [-0.2, -0.15) is 0 Å². The molecule has 3 rings (SSSR count). The van der Waals surface area contributed by atoms with Crippen molar-refractivity contribution in [2.75, 3.05) is 26.4 Å². The summed E-state index contributed by atoms with van der Waals surface area (Å²) in [6, 6.07) is -1.02. The number of aliphatic hydroxyl groups is 11. The normalized spacial score (nSPS) is 28.1. The Labute approximate surface area is 553 Å². The first kappa shape index (κ1) is 83.5. The molecule has 17 unspecified atom stereocenters. The zero-order valence-corrected chi connectivity index (χ0v) is 56.5. The van der Waals surface area contributed by atoms with Gasteiger partial charge >= 0.3 is 0 Å². The first-order valence-electron chi connectivity index (χ1n) is 36.2. The van der Waals surface area contributed by atoms with E-state index in [0.29, 0.717) is 12.8 Å². The number of aliphatic hydroxyl groups excluding tert-OH is 11. The summed E-state index contributed by atoms with van der Waals surface area (Å²) in [5.74, 6) is -0.327. The number of unbranched alkanes of at least 4 members (excludes halogenated alkanes) is 29. The minimum absolute atomic E-state index is 0.180. The molecule has 3 saturated heterocycles. The smallest absolute Gasteiger partial charge is 0.220 e. The first-order valence-corrected chi connectivity index (χ1v) is 36.2. The van der Waals surface area contributed by atoms with Crippen LogP contribution >= 0.6 is 0 Å². The van der Waals surface area contributed by atoms with Crippen molar-refractivity contribution in [3.05, 3.63) is 72.9 Å². The van der Waals surface area contributed by atoms with E-state index >= 15 is 0 Å². The highest BCUT2D eigenvalue weighted by molar-refractivity contribution is 5.76. The van der Waals surface area contributed by atoms with E-state index in [1.54, 1.807) is 6.08 Å². The lowest BCUT2D eigenvalue weighted by Gasteiger charge is -2.48. The van der Waals surface area contributed by atoms with Crippen molar-refractivity contribution in [3.8, 4) is 0 Å². The molecule has 17 atom stereocenters. The Morgan fingerprint density at radius 2 is 0.761 bits per heavy atom. The number of hydrogen-bond acceptors (Lipinski definition) is 18. The largest absolute Gasteiger partial charge is 0.394 e. The lowest BCUT2D eigenvalue weighted by atomic mass is 9.96. The molecule has 1 amide bonds. The van der Waals surface area contributed by atoms with E-state index in [1.807, 2.05) is 6.08 Å². The van der Waals surface area contributed by atoms with Gasteiger partial charge in [0.25, 0.3) is 0 Å². The van der Waals surface area contributed by atoms with Crippen LogP contribution in [0.1, 0.15) is 251 Å². The fraction of sp³-hybridized carbons (Fsp3) is 0.822. The standard InChI is InChI=1S/C73H129NO18/c1-3-5-7-9-11-13-15-17-19-20-21-22-23-24-25-26-27-28-29-30-31-32-33-34-35-37-38-40-42-44-46-48-50-57(78)56(74-61(79)51-49-47-45-43-41-39-36-18-16-14-12-10-8-6-4-2)55-87-71-67(85)64(82)69(59(53-76)89-71)92-73-68(86)65(83)70(60(54-77)90-73)91-72-66(84)63(81)62(80)58(52-75)88-72/h6,8,12,14,18,36,40-43,48,50,56-60,62-73,75-78,80-86H,3-5,7,9-11,13,15-17,19-35,37-39,44-47,49,51-55H2,1-2H3,(H,74,79)/b8-6-,14-12-,36-18-,42-40+,43-41-,50-48+. The maximum absolute atomic E-state index is 13.4. The second-order valence-corrected chi connectivity index (χ2v) is 25.7. The van der Waals surface area contributed by atoms with Crippen LogP contribution in [0.4, 0.5) is 0 Å². The number of amides is 1. The minimum Gasteiger partial charge on any atom is -0.394 e. The molecule has 19 nitrogen and oxygen atoms in total. The van der Waals surface area contributed by atoms with Crippen molar-refractivity contribution >= 4 is 5.91 Å². The van der Waals surface area contributed by atoms with Crippen molar-refractivity contribution in [3.63, 3.8) is 0 Å². The van der Waals surface area contributed by atoms with Crippen molar-refractivity contribution in [1.82, 2.24) is 5.32 Å². The van der Waals surface area contributed by atoms with Gasteiger partial charge in [-0.1, -0.05) is 247 Å². The van der Waals surface area contributed by atoms with Crippen LogP contribution in [0.15, 0.2) is 72.9 Å². The highest BCUT2D eigenvalue weighted by Crippen LogP contribution is 2.33. The molecule has 3 fully saturated rings. The quantitative estimate of drug-likeness (QED) is 0.0199. The summed E-state index contributed by atoms with van der Waals surface area (Å²) in [5.41, 5.74) is 0. The van der Waals surface area contributed by atoms with Gasteiger partial charge < -0.3 is 89.9 Å². The Morgan fingerprint density at radius 1 is 0.402 bits per heavy atom. The maximum Gasteiger partial charge on any atom is 0.220 e. The lowest BCUT2D eigenvalue weighted by Crippen LogP contribution is -2.66. The highest BCUT2D eigenvalue weighted by Gasteiger charge is 2.53. The number of rotatable bonds is 55. The molecule has 0 radical (unpaired) electrons. The van der Waals surface area contributed by atoms with E-state index in [2.05, 4.69) is 79.9 Å². The zero-order valence-electron chi connectivity index (χ0n) is 56.5. The van der Waals surface area contributed by atoms with Crippen LogP contribution in [-0.2, 0) is 33.2 Å². The molecule has 0 aliphatic carbocycles. The number of hydrogen-bond donors (Lipinski definition) is 12. The molecule has 3 heterocycles. The molecule has 0 aromatic rings. The van der Waals surface area contributed by atoms with Crippen LogP contribution in [0.5, 0.6) is 0 Å². The summed E-state index contributed by atoms with van der Waals surface area (Å²) in [6.07, 6.45) is 42.0. The Bertz CT molecular complexity index is 1950. The fourth-order valence-electron chi connectivity index (χ4n) is 11.9. The molecule has 0 saturated carbocycles. The fourth-order valence-corrected chi connectivity index (χ4v) is 11.9. The van der Waals surface area contributed by atoms with E-state index in [1.165, 1.54) is 161 Å². The van der Waals surface area contributed by atoms with E-state index in [9.17, 15) is 61.0 Å². The Kier molecular flexibility index (Phi) is 49.2. The van der Waals surface area contributed by atoms with Crippen LogP contribution < -0.4 is 5.32 Å². The number of carbonyl (C=O) groups is 1. The van der Waals surface area contributed by atoms with E-state index < -0.39 is 124 Å². The highest BCUT2D eigenvalue weighted by atomic mass is 16.8. The monoisotopic (exact) mass is 1310 g/mol. The van der Waals surface area contributed by atoms with Crippen molar-refractivity contribution < 1.29 is 89.4 Å². The summed E-state index contributed by atoms with van der Waals surface area (Å²) in [7, 11) is 0. The molecule has 19 heteroatoms. The van der Waals surface area contributed by atoms with Crippen LogP contribution in [0.25, 0.3) is 0 Å².